The molecular formula is C7H11ClN2O. The van der Waals surface area contributed by atoms with Gasteiger partial charge in [-0.3, -0.25) is 0 Å². The summed E-state index contributed by atoms with van der Waals surface area (Å²) >= 11 is 5.72. The second-order valence-electron chi connectivity index (χ2n) is 2.41. The van der Waals surface area contributed by atoms with E-state index < -0.39 is 0 Å². The summed E-state index contributed by atoms with van der Waals surface area (Å²) in [6, 6.07) is 0. The fourth-order valence-corrected chi connectivity index (χ4v) is 0.843. The molecule has 0 fully saturated rings. The van der Waals surface area contributed by atoms with Crippen molar-refractivity contribution in [3.8, 4) is 0 Å². The number of aromatic nitrogens is 2. The van der Waals surface area contributed by atoms with E-state index in [-0.39, 0.29) is 5.38 Å². The van der Waals surface area contributed by atoms with E-state index in [2.05, 4.69) is 17.1 Å². The summed E-state index contributed by atoms with van der Waals surface area (Å²) in [7, 11) is 0. The number of alkyl halides is 1. The van der Waals surface area contributed by atoms with Gasteiger partial charge < -0.3 is 4.52 Å². The van der Waals surface area contributed by atoms with E-state index in [1.807, 2.05) is 6.92 Å². The van der Waals surface area contributed by atoms with Crippen LogP contribution in [0.2, 0.25) is 0 Å². The summed E-state index contributed by atoms with van der Waals surface area (Å²) in [5.74, 6) is 1.25. The van der Waals surface area contributed by atoms with Crippen LogP contribution in [0.15, 0.2) is 4.52 Å². The molecule has 1 atom stereocenters. The van der Waals surface area contributed by atoms with Gasteiger partial charge in [0.2, 0.25) is 5.89 Å². The van der Waals surface area contributed by atoms with Crippen molar-refractivity contribution in [3.05, 3.63) is 11.7 Å². The van der Waals surface area contributed by atoms with Crippen LogP contribution in [0.25, 0.3) is 0 Å². The van der Waals surface area contributed by atoms with Crippen LogP contribution in [-0.2, 0) is 6.42 Å². The predicted molar refractivity (Wildman–Crippen MR) is 42.6 cm³/mol. The van der Waals surface area contributed by atoms with Crippen molar-refractivity contribution in [1.82, 2.24) is 10.1 Å². The second-order valence-corrected chi connectivity index (χ2v) is 3.07. The van der Waals surface area contributed by atoms with Crippen molar-refractivity contribution in [2.24, 2.45) is 0 Å². The fourth-order valence-electron chi connectivity index (χ4n) is 0.754. The largest absolute Gasteiger partial charge is 0.338 e. The third-order valence-corrected chi connectivity index (χ3v) is 1.48. The molecular weight excluding hydrogens is 164 g/mol. The maximum atomic E-state index is 5.72. The molecule has 62 valence electrons. The predicted octanol–water partition coefficient (Wildman–Crippen LogP) is 2.32. The summed E-state index contributed by atoms with van der Waals surface area (Å²) in [4.78, 5) is 4.09. The summed E-state index contributed by atoms with van der Waals surface area (Å²) in [5, 5.41) is 3.57. The minimum absolute atomic E-state index is 0.187. The molecule has 1 heterocycles. The van der Waals surface area contributed by atoms with Crippen molar-refractivity contribution >= 4 is 11.6 Å². The van der Waals surface area contributed by atoms with Crippen LogP contribution in [0.3, 0.4) is 0 Å². The van der Waals surface area contributed by atoms with Gasteiger partial charge in [-0.1, -0.05) is 12.1 Å². The Balaban J connectivity index is 2.66. The first-order chi connectivity index (χ1) is 5.24. The Hall–Kier alpha value is -0.570. The molecule has 0 N–H and O–H groups in total. The molecule has 0 aromatic carbocycles. The Morgan fingerprint density at radius 1 is 1.64 bits per heavy atom. The average molecular weight is 175 g/mol. The van der Waals surface area contributed by atoms with E-state index in [4.69, 9.17) is 16.1 Å². The van der Waals surface area contributed by atoms with Gasteiger partial charge in [0, 0.05) is 6.42 Å². The molecule has 0 amide bonds. The molecule has 0 aliphatic heterocycles. The lowest BCUT2D eigenvalue weighted by molar-refractivity contribution is 0.373. The third kappa shape index (κ3) is 2.19. The van der Waals surface area contributed by atoms with Gasteiger partial charge in [-0.2, -0.15) is 4.98 Å². The number of rotatable bonds is 3. The van der Waals surface area contributed by atoms with Crippen LogP contribution in [0, 0.1) is 0 Å². The molecule has 1 aromatic heterocycles. The molecule has 0 aliphatic carbocycles. The Morgan fingerprint density at radius 2 is 2.36 bits per heavy atom. The maximum absolute atomic E-state index is 5.72. The SMILES string of the molecule is CCCc1noc([C@@H](C)Cl)n1. The normalized spacial score (nSPS) is 13.4. The van der Waals surface area contributed by atoms with Gasteiger partial charge in [0.15, 0.2) is 5.82 Å². The van der Waals surface area contributed by atoms with Crippen molar-refractivity contribution in [1.29, 1.82) is 0 Å². The van der Waals surface area contributed by atoms with Crippen LogP contribution in [0.4, 0.5) is 0 Å². The number of halogens is 1. The Labute approximate surface area is 70.7 Å². The van der Waals surface area contributed by atoms with Crippen LogP contribution >= 0.6 is 11.6 Å². The highest BCUT2D eigenvalue weighted by molar-refractivity contribution is 6.20. The molecule has 0 spiro atoms. The number of hydrogen-bond acceptors (Lipinski definition) is 3. The lowest BCUT2D eigenvalue weighted by Crippen LogP contribution is -1.87. The topological polar surface area (TPSA) is 38.9 Å². The lowest BCUT2D eigenvalue weighted by atomic mass is 10.3. The maximum Gasteiger partial charge on any atom is 0.244 e. The molecule has 0 saturated heterocycles. The molecule has 0 unspecified atom stereocenters. The van der Waals surface area contributed by atoms with Crippen molar-refractivity contribution < 1.29 is 4.52 Å². The van der Waals surface area contributed by atoms with Crippen LogP contribution in [0.5, 0.6) is 0 Å². The zero-order chi connectivity index (χ0) is 8.27. The first-order valence-corrected chi connectivity index (χ1v) is 4.14. The van der Waals surface area contributed by atoms with Gasteiger partial charge in [-0.05, 0) is 13.3 Å². The van der Waals surface area contributed by atoms with E-state index in [9.17, 15) is 0 Å². The minimum Gasteiger partial charge on any atom is -0.338 e. The summed E-state index contributed by atoms with van der Waals surface area (Å²) in [6.45, 7) is 3.88. The average Bonchev–Trinajstić information content (AvgIpc) is 2.37. The van der Waals surface area contributed by atoms with Crippen LogP contribution in [0.1, 0.15) is 37.4 Å². The van der Waals surface area contributed by atoms with Gasteiger partial charge in [-0.15, -0.1) is 11.6 Å². The number of nitrogens with zero attached hydrogens (tertiary/aromatic N) is 2. The zero-order valence-electron chi connectivity index (χ0n) is 6.67. The van der Waals surface area contributed by atoms with Crippen molar-refractivity contribution in [2.75, 3.05) is 0 Å². The molecule has 1 aromatic rings. The van der Waals surface area contributed by atoms with E-state index >= 15 is 0 Å². The van der Waals surface area contributed by atoms with Crippen LogP contribution in [-0.4, -0.2) is 10.1 Å². The van der Waals surface area contributed by atoms with Crippen LogP contribution < -0.4 is 0 Å². The number of hydrogen-bond donors (Lipinski definition) is 0. The van der Waals surface area contributed by atoms with E-state index in [1.54, 1.807) is 0 Å². The van der Waals surface area contributed by atoms with E-state index in [1.165, 1.54) is 0 Å². The molecule has 0 saturated carbocycles. The van der Waals surface area contributed by atoms with Gasteiger partial charge in [0.1, 0.15) is 5.38 Å². The van der Waals surface area contributed by atoms with Crippen molar-refractivity contribution in [2.45, 2.75) is 32.1 Å². The van der Waals surface area contributed by atoms with Gasteiger partial charge in [0.25, 0.3) is 0 Å². The summed E-state index contributed by atoms with van der Waals surface area (Å²) in [5.41, 5.74) is 0. The van der Waals surface area contributed by atoms with E-state index in [0.717, 1.165) is 18.7 Å². The highest BCUT2D eigenvalue weighted by Gasteiger charge is 2.09. The smallest absolute Gasteiger partial charge is 0.244 e. The second kappa shape index (κ2) is 3.72. The van der Waals surface area contributed by atoms with Gasteiger partial charge in [-0.25, -0.2) is 0 Å². The summed E-state index contributed by atoms with van der Waals surface area (Å²) < 4.78 is 4.89. The zero-order valence-corrected chi connectivity index (χ0v) is 7.43. The molecule has 3 nitrogen and oxygen atoms in total. The number of aryl methyl sites for hydroxylation is 1. The lowest BCUT2D eigenvalue weighted by Gasteiger charge is -1.89. The molecule has 0 aliphatic rings. The van der Waals surface area contributed by atoms with Gasteiger partial charge >= 0.3 is 0 Å². The first kappa shape index (κ1) is 8.53. The molecule has 0 bridgehead atoms. The Kier molecular flexibility index (Phi) is 2.88. The Morgan fingerprint density at radius 3 is 2.82 bits per heavy atom. The van der Waals surface area contributed by atoms with Gasteiger partial charge in [0.05, 0.1) is 0 Å². The van der Waals surface area contributed by atoms with E-state index in [0.29, 0.717) is 5.89 Å². The molecule has 1 rings (SSSR count). The highest BCUT2D eigenvalue weighted by atomic mass is 35.5. The first-order valence-electron chi connectivity index (χ1n) is 3.70. The monoisotopic (exact) mass is 174 g/mol. The standard InChI is InChI=1S/C7H11ClN2O/c1-3-4-6-9-7(5(2)8)11-10-6/h5H,3-4H2,1-2H3/t5-/m1/s1. The third-order valence-electron chi connectivity index (χ3n) is 1.30. The summed E-state index contributed by atoms with van der Waals surface area (Å²) in [6.07, 6.45) is 1.88. The van der Waals surface area contributed by atoms with Crippen molar-refractivity contribution in [3.63, 3.8) is 0 Å². The Bertz CT molecular complexity index is 222. The minimum atomic E-state index is -0.187. The quantitative estimate of drug-likeness (QED) is 0.661. The molecule has 11 heavy (non-hydrogen) atoms. The molecule has 0 radical (unpaired) electrons. The fraction of sp³-hybridized carbons (Fsp3) is 0.714. The highest BCUT2D eigenvalue weighted by Crippen LogP contribution is 2.16. The molecule has 4 heteroatoms.